The quantitative estimate of drug-likeness (QED) is 0.373. The number of carbonyl (C=O) groups is 2. The van der Waals surface area contributed by atoms with E-state index in [1.54, 1.807) is 30.4 Å². The molecular weight excluding hydrogens is 399 g/mol. The zero-order valence-electron chi connectivity index (χ0n) is 17.2. The van der Waals surface area contributed by atoms with Crippen molar-refractivity contribution >= 4 is 18.0 Å². The molecule has 0 radical (unpaired) electrons. The first kappa shape index (κ1) is 21.8. The maximum atomic E-state index is 13.1. The Labute approximate surface area is 180 Å². The number of carbonyl (C=O) groups excluding carboxylic acids is 2. The lowest BCUT2D eigenvalue weighted by Crippen LogP contribution is -2.30. The van der Waals surface area contributed by atoms with Gasteiger partial charge in [0.25, 0.3) is 5.91 Å². The van der Waals surface area contributed by atoms with Gasteiger partial charge in [-0.3, -0.25) is 9.69 Å². The predicted molar refractivity (Wildman–Crippen MR) is 116 cm³/mol. The molecule has 0 bridgehead atoms. The van der Waals surface area contributed by atoms with Gasteiger partial charge in [0.05, 0.1) is 7.11 Å². The van der Waals surface area contributed by atoms with Crippen molar-refractivity contribution < 1.29 is 23.5 Å². The van der Waals surface area contributed by atoms with Gasteiger partial charge in [-0.15, -0.1) is 13.2 Å². The van der Waals surface area contributed by atoms with Crippen molar-refractivity contribution in [3.63, 3.8) is 0 Å². The number of ether oxygens (including phenoxy) is 2. The van der Waals surface area contributed by atoms with Gasteiger partial charge in [0.15, 0.2) is 11.5 Å². The lowest BCUT2D eigenvalue weighted by molar-refractivity contribution is -0.122. The number of imide groups is 1. The third-order valence-corrected chi connectivity index (χ3v) is 4.62. The molecule has 1 saturated heterocycles. The third-order valence-electron chi connectivity index (χ3n) is 4.62. The van der Waals surface area contributed by atoms with E-state index in [1.807, 2.05) is 6.07 Å². The Balaban J connectivity index is 1.91. The largest absolute Gasteiger partial charge is 0.493 e. The molecule has 0 aromatic heterocycles. The van der Waals surface area contributed by atoms with Gasteiger partial charge in [-0.1, -0.05) is 24.3 Å². The van der Waals surface area contributed by atoms with Crippen LogP contribution in [0.4, 0.5) is 9.18 Å². The molecule has 0 aliphatic carbocycles. The van der Waals surface area contributed by atoms with Crippen LogP contribution in [0, 0.1) is 5.82 Å². The Kier molecular flexibility index (Phi) is 6.87. The molecular formula is C24H23FN2O4. The molecule has 0 saturated carbocycles. The first-order chi connectivity index (χ1) is 15.0. The zero-order valence-corrected chi connectivity index (χ0v) is 17.2. The second kappa shape index (κ2) is 9.75. The van der Waals surface area contributed by atoms with Crippen LogP contribution in [0.1, 0.15) is 16.7 Å². The predicted octanol–water partition coefficient (Wildman–Crippen LogP) is 4.22. The summed E-state index contributed by atoms with van der Waals surface area (Å²) in [5.41, 5.74) is 2.43. The lowest BCUT2D eigenvalue weighted by atomic mass is 10.0. The highest BCUT2D eigenvalue weighted by atomic mass is 19.1. The second-order valence-electron chi connectivity index (χ2n) is 6.81. The molecule has 2 aromatic carbocycles. The van der Waals surface area contributed by atoms with Crippen LogP contribution in [0.3, 0.4) is 0 Å². The van der Waals surface area contributed by atoms with Crippen molar-refractivity contribution in [2.24, 2.45) is 0 Å². The summed E-state index contributed by atoms with van der Waals surface area (Å²) in [6.45, 7) is 7.70. The van der Waals surface area contributed by atoms with Crippen LogP contribution in [0.2, 0.25) is 0 Å². The molecule has 1 aliphatic rings. The van der Waals surface area contributed by atoms with Crippen LogP contribution < -0.4 is 14.8 Å². The maximum absolute atomic E-state index is 13.1. The number of nitrogens with one attached hydrogen (secondary N) is 1. The summed E-state index contributed by atoms with van der Waals surface area (Å²) in [5, 5.41) is 2.57. The van der Waals surface area contributed by atoms with Crippen molar-refractivity contribution in [2.75, 3.05) is 13.7 Å². The van der Waals surface area contributed by atoms with E-state index >= 15 is 0 Å². The summed E-state index contributed by atoms with van der Waals surface area (Å²) in [4.78, 5) is 25.5. The Morgan fingerprint density at radius 1 is 1.13 bits per heavy atom. The summed E-state index contributed by atoms with van der Waals surface area (Å²) < 4.78 is 24.6. The average Bonchev–Trinajstić information content (AvgIpc) is 3.01. The van der Waals surface area contributed by atoms with Crippen molar-refractivity contribution in [1.29, 1.82) is 0 Å². The highest BCUT2D eigenvalue weighted by molar-refractivity contribution is 6.14. The van der Waals surface area contributed by atoms with Crippen LogP contribution in [-0.2, 0) is 17.8 Å². The molecule has 0 atom stereocenters. The summed E-state index contributed by atoms with van der Waals surface area (Å²) in [7, 11) is 1.52. The molecule has 3 rings (SSSR count). The number of benzene rings is 2. The van der Waals surface area contributed by atoms with Crippen LogP contribution in [0.25, 0.3) is 6.08 Å². The normalized spacial score (nSPS) is 14.5. The zero-order chi connectivity index (χ0) is 22.4. The van der Waals surface area contributed by atoms with Gasteiger partial charge in [0, 0.05) is 12.1 Å². The van der Waals surface area contributed by atoms with Crippen LogP contribution in [0.15, 0.2) is 67.4 Å². The van der Waals surface area contributed by atoms with Crippen LogP contribution in [0.5, 0.6) is 11.5 Å². The van der Waals surface area contributed by atoms with E-state index in [1.165, 1.54) is 25.3 Å². The van der Waals surface area contributed by atoms with E-state index in [2.05, 4.69) is 18.5 Å². The molecule has 1 N–H and O–H groups in total. The first-order valence-corrected chi connectivity index (χ1v) is 9.61. The van der Waals surface area contributed by atoms with Crippen molar-refractivity contribution in [3.8, 4) is 11.5 Å². The Hall–Kier alpha value is -3.87. The van der Waals surface area contributed by atoms with Gasteiger partial charge in [-0.2, -0.15) is 0 Å². The number of nitrogens with zero attached hydrogens (tertiary/aromatic N) is 1. The molecule has 2 aromatic rings. The fourth-order valence-corrected chi connectivity index (χ4v) is 3.16. The monoisotopic (exact) mass is 422 g/mol. The summed E-state index contributed by atoms with van der Waals surface area (Å²) in [6, 6.07) is 9.11. The number of hydrogen-bond acceptors (Lipinski definition) is 4. The summed E-state index contributed by atoms with van der Waals surface area (Å²) in [5.74, 6) is 0.258. The molecule has 31 heavy (non-hydrogen) atoms. The van der Waals surface area contributed by atoms with Gasteiger partial charge in [-0.05, 0) is 47.9 Å². The number of rotatable bonds is 9. The van der Waals surface area contributed by atoms with Gasteiger partial charge in [0.2, 0.25) is 0 Å². The van der Waals surface area contributed by atoms with Crippen molar-refractivity contribution in [1.82, 2.24) is 10.2 Å². The molecule has 0 unspecified atom stereocenters. The smallest absolute Gasteiger partial charge is 0.329 e. The van der Waals surface area contributed by atoms with Crippen LogP contribution >= 0.6 is 0 Å². The van der Waals surface area contributed by atoms with E-state index in [4.69, 9.17) is 9.47 Å². The Morgan fingerprint density at radius 3 is 2.52 bits per heavy atom. The second-order valence-corrected chi connectivity index (χ2v) is 6.81. The molecule has 7 heteroatoms. The number of halogens is 1. The number of allylic oxidation sites excluding steroid dienone is 1. The van der Waals surface area contributed by atoms with E-state index in [9.17, 15) is 14.0 Å². The molecule has 3 amide bonds. The number of amides is 3. The summed E-state index contributed by atoms with van der Waals surface area (Å²) in [6.07, 6.45) is 5.29. The standard InChI is InChI=1S/C24H23FN2O4/c1-4-6-18-12-17(13-20-23(28)27(11-5-2)24(29)26-20)14-21(30-3)22(18)31-15-16-7-9-19(25)10-8-16/h4-5,7-10,12-14H,1-2,6,11,15H2,3H3,(H,26,29)/b20-13+. The average molecular weight is 422 g/mol. The molecule has 0 spiro atoms. The minimum absolute atomic E-state index is 0.128. The molecule has 160 valence electrons. The fraction of sp³-hybridized carbons (Fsp3) is 0.167. The van der Waals surface area contributed by atoms with Crippen LogP contribution in [-0.4, -0.2) is 30.5 Å². The van der Waals surface area contributed by atoms with Crippen molar-refractivity contribution in [3.05, 3.63) is 89.9 Å². The number of urea groups is 1. The molecule has 1 fully saturated rings. The molecule has 1 aliphatic heterocycles. The highest BCUT2D eigenvalue weighted by Gasteiger charge is 2.32. The lowest BCUT2D eigenvalue weighted by Gasteiger charge is -2.16. The van der Waals surface area contributed by atoms with Crippen molar-refractivity contribution in [2.45, 2.75) is 13.0 Å². The minimum atomic E-state index is -0.492. The Morgan fingerprint density at radius 2 is 1.87 bits per heavy atom. The van der Waals surface area contributed by atoms with Gasteiger partial charge in [0.1, 0.15) is 18.1 Å². The van der Waals surface area contributed by atoms with E-state index in [-0.39, 0.29) is 24.7 Å². The van der Waals surface area contributed by atoms with Gasteiger partial charge in [-0.25, -0.2) is 9.18 Å². The number of methoxy groups -OCH3 is 1. The van der Waals surface area contributed by atoms with Gasteiger partial charge < -0.3 is 14.8 Å². The SMILES string of the molecule is C=CCc1cc(/C=C2/NC(=O)N(CC=C)C2=O)cc(OC)c1OCc1ccc(F)cc1. The van der Waals surface area contributed by atoms with Gasteiger partial charge >= 0.3 is 6.03 Å². The third kappa shape index (κ3) is 5.01. The fourth-order valence-electron chi connectivity index (χ4n) is 3.16. The first-order valence-electron chi connectivity index (χ1n) is 9.61. The number of hydrogen-bond donors (Lipinski definition) is 1. The van der Waals surface area contributed by atoms with E-state index in [0.29, 0.717) is 23.5 Å². The van der Waals surface area contributed by atoms with E-state index < -0.39 is 11.9 Å². The van der Waals surface area contributed by atoms with E-state index in [0.717, 1.165) is 16.0 Å². The summed E-state index contributed by atoms with van der Waals surface area (Å²) >= 11 is 0. The minimum Gasteiger partial charge on any atom is -0.493 e. The highest BCUT2D eigenvalue weighted by Crippen LogP contribution is 2.35. The molecule has 6 nitrogen and oxygen atoms in total. The Bertz CT molecular complexity index is 1040. The maximum Gasteiger partial charge on any atom is 0.329 e. The molecule has 1 heterocycles. The topological polar surface area (TPSA) is 67.9 Å².